The Hall–Kier alpha value is -3.02. The standard InChI is InChI=1S/C17H16N4O2/c1-2-21(13-6-4-3-5-7-13)16(22)11-20-12-19-15-10-18-9-8-14(15)17(20)23/h3-10,12H,2,11H2,1H3. The van der Waals surface area contributed by atoms with Crippen LogP contribution in [-0.2, 0) is 11.3 Å². The monoisotopic (exact) mass is 308 g/mol. The third-order valence-corrected chi connectivity index (χ3v) is 3.62. The van der Waals surface area contributed by atoms with Crippen molar-refractivity contribution in [2.24, 2.45) is 0 Å². The van der Waals surface area contributed by atoms with Crippen molar-refractivity contribution < 1.29 is 4.79 Å². The van der Waals surface area contributed by atoms with Crippen LogP contribution in [0.1, 0.15) is 6.92 Å². The molecule has 0 aliphatic heterocycles. The van der Waals surface area contributed by atoms with E-state index in [1.807, 2.05) is 37.3 Å². The number of pyridine rings is 1. The summed E-state index contributed by atoms with van der Waals surface area (Å²) in [4.78, 5) is 34.8. The van der Waals surface area contributed by atoms with Gasteiger partial charge in [0.1, 0.15) is 6.54 Å². The third-order valence-electron chi connectivity index (χ3n) is 3.62. The molecule has 23 heavy (non-hydrogen) atoms. The first-order valence-corrected chi connectivity index (χ1v) is 7.35. The number of likely N-dealkylation sites (N-methyl/N-ethyl adjacent to an activating group) is 1. The fourth-order valence-corrected chi connectivity index (χ4v) is 2.46. The van der Waals surface area contributed by atoms with Crippen LogP contribution < -0.4 is 10.5 Å². The second-order valence-electron chi connectivity index (χ2n) is 5.04. The van der Waals surface area contributed by atoms with Gasteiger partial charge in [-0.15, -0.1) is 0 Å². The molecule has 2 aromatic heterocycles. The molecule has 0 unspecified atom stereocenters. The Bertz CT molecular complexity index is 890. The van der Waals surface area contributed by atoms with Crippen LogP contribution >= 0.6 is 0 Å². The number of nitrogens with zero attached hydrogens (tertiary/aromatic N) is 4. The Morgan fingerprint density at radius 2 is 2.00 bits per heavy atom. The second-order valence-corrected chi connectivity index (χ2v) is 5.04. The number of hydrogen-bond acceptors (Lipinski definition) is 4. The first kappa shape index (κ1) is 14.9. The molecule has 3 aromatic rings. The van der Waals surface area contributed by atoms with E-state index in [1.54, 1.807) is 17.2 Å². The Labute approximate surface area is 133 Å². The van der Waals surface area contributed by atoms with E-state index in [0.29, 0.717) is 17.4 Å². The van der Waals surface area contributed by atoms with Gasteiger partial charge in [0.2, 0.25) is 5.91 Å². The molecule has 0 spiro atoms. The molecule has 0 bridgehead atoms. The zero-order valence-electron chi connectivity index (χ0n) is 12.7. The lowest BCUT2D eigenvalue weighted by atomic mass is 10.2. The molecule has 6 heteroatoms. The van der Waals surface area contributed by atoms with Crippen molar-refractivity contribution in [3.8, 4) is 0 Å². The molecule has 116 valence electrons. The number of fused-ring (bicyclic) bond motifs is 1. The molecule has 0 atom stereocenters. The number of carbonyl (C=O) groups excluding carboxylic acids is 1. The van der Waals surface area contributed by atoms with E-state index >= 15 is 0 Å². The summed E-state index contributed by atoms with van der Waals surface area (Å²) in [5, 5.41) is 0.457. The fraction of sp³-hybridized carbons (Fsp3) is 0.176. The van der Waals surface area contributed by atoms with E-state index < -0.39 is 0 Å². The lowest BCUT2D eigenvalue weighted by molar-refractivity contribution is -0.119. The first-order valence-electron chi connectivity index (χ1n) is 7.35. The Morgan fingerprint density at radius 3 is 2.74 bits per heavy atom. The molecular formula is C17H16N4O2. The van der Waals surface area contributed by atoms with E-state index in [4.69, 9.17) is 0 Å². The third kappa shape index (κ3) is 2.96. The molecule has 1 aromatic carbocycles. The molecule has 3 rings (SSSR count). The summed E-state index contributed by atoms with van der Waals surface area (Å²) in [7, 11) is 0. The Kier molecular flexibility index (Phi) is 4.14. The molecule has 1 amide bonds. The van der Waals surface area contributed by atoms with Crippen molar-refractivity contribution in [2.75, 3.05) is 11.4 Å². The number of aromatic nitrogens is 3. The predicted octanol–water partition coefficient (Wildman–Crippen LogP) is 1.84. The summed E-state index contributed by atoms with van der Waals surface area (Å²) in [5.41, 5.74) is 1.09. The average molecular weight is 308 g/mol. The highest BCUT2D eigenvalue weighted by Gasteiger charge is 2.15. The molecule has 6 nitrogen and oxygen atoms in total. The fourth-order valence-electron chi connectivity index (χ4n) is 2.46. The van der Waals surface area contributed by atoms with Crippen LogP contribution in [0.5, 0.6) is 0 Å². The van der Waals surface area contributed by atoms with Crippen molar-refractivity contribution in [1.82, 2.24) is 14.5 Å². The summed E-state index contributed by atoms with van der Waals surface area (Å²) in [6, 6.07) is 11.0. The number of amides is 1. The lowest BCUT2D eigenvalue weighted by Crippen LogP contribution is -2.36. The summed E-state index contributed by atoms with van der Waals surface area (Å²) in [6.45, 7) is 2.38. The summed E-state index contributed by atoms with van der Waals surface area (Å²) in [6.07, 6.45) is 4.47. The zero-order valence-corrected chi connectivity index (χ0v) is 12.7. The normalized spacial score (nSPS) is 10.7. The smallest absolute Gasteiger partial charge is 0.261 e. The molecule has 0 saturated carbocycles. The van der Waals surface area contributed by atoms with E-state index in [0.717, 1.165) is 5.69 Å². The minimum Gasteiger partial charge on any atom is -0.311 e. The predicted molar refractivity (Wildman–Crippen MR) is 88.3 cm³/mol. The van der Waals surface area contributed by atoms with Crippen molar-refractivity contribution >= 4 is 22.5 Å². The van der Waals surface area contributed by atoms with Crippen LogP contribution in [0.25, 0.3) is 10.9 Å². The van der Waals surface area contributed by atoms with Crippen LogP contribution in [0.4, 0.5) is 5.69 Å². The van der Waals surface area contributed by atoms with Gasteiger partial charge >= 0.3 is 0 Å². The number of anilines is 1. The van der Waals surface area contributed by atoms with Crippen molar-refractivity contribution in [2.45, 2.75) is 13.5 Å². The zero-order chi connectivity index (χ0) is 16.2. The highest BCUT2D eigenvalue weighted by Crippen LogP contribution is 2.13. The van der Waals surface area contributed by atoms with Crippen LogP contribution in [0.2, 0.25) is 0 Å². The number of hydrogen-bond donors (Lipinski definition) is 0. The molecule has 0 aliphatic carbocycles. The molecule has 0 N–H and O–H groups in total. The van der Waals surface area contributed by atoms with E-state index in [-0.39, 0.29) is 18.0 Å². The largest absolute Gasteiger partial charge is 0.311 e. The summed E-state index contributed by atoms with van der Waals surface area (Å²) < 4.78 is 1.33. The van der Waals surface area contributed by atoms with Crippen LogP contribution in [0, 0.1) is 0 Å². The van der Waals surface area contributed by atoms with Gasteiger partial charge in [-0.2, -0.15) is 0 Å². The van der Waals surface area contributed by atoms with Gasteiger partial charge in [0, 0.05) is 18.4 Å². The topological polar surface area (TPSA) is 68.1 Å². The van der Waals surface area contributed by atoms with Crippen LogP contribution in [-0.4, -0.2) is 27.0 Å². The molecular weight excluding hydrogens is 292 g/mol. The van der Waals surface area contributed by atoms with Gasteiger partial charge in [-0.1, -0.05) is 18.2 Å². The SMILES string of the molecule is CCN(C(=O)Cn1cnc2cnccc2c1=O)c1ccccc1. The van der Waals surface area contributed by atoms with Gasteiger partial charge in [-0.05, 0) is 25.1 Å². The number of rotatable bonds is 4. The van der Waals surface area contributed by atoms with Gasteiger partial charge in [0.05, 0.1) is 23.4 Å². The maximum Gasteiger partial charge on any atom is 0.261 e. The highest BCUT2D eigenvalue weighted by atomic mass is 16.2. The second kappa shape index (κ2) is 6.39. The van der Waals surface area contributed by atoms with Gasteiger partial charge in [-0.3, -0.25) is 19.1 Å². The Balaban J connectivity index is 1.91. The number of para-hydroxylation sites is 1. The van der Waals surface area contributed by atoms with Crippen LogP contribution in [0.3, 0.4) is 0 Å². The number of carbonyl (C=O) groups is 1. The van der Waals surface area contributed by atoms with Crippen LogP contribution in [0.15, 0.2) is 59.9 Å². The molecule has 0 saturated heterocycles. The number of benzene rings is 1. The van der Waals surface area contributed by atoms with Gasteiger partial charge < -0.3 is 4.90 Å². The van der Waals surface area contributed by atoms with E-state index in [1.165, 1.54) is 17.1 Å². The molecule has 0 fully saturated rings. The minimum absolute atomic E-state index is 0.0488. The summed E-state index contributed by atoms with van der Waals surface area (Å²) >= 11 is 0. The molecule has 0 radical (unpaired) electrons. The van der Waals surface area contributed by atoms with E-state index in [2.05, 4.69) is 9.97 Å². The Morgan fingerprint density at radius 1 is 1.22 bits per heavy atom. The highest BCUT2D eigenvalue weighted by molar-refractivity contribution is 5.93. The lowest BCUT2D eigenvalue weighted by Gasteiger charge is -2.21. The molecule has 0 aliphatic rings. The van der Waals surface area contributed by atoms with Crippen molar-refractivity contribution in [3.63, 3.8) is 0 Å². The summed E-state index contributed by atoms with van der Waals surface area (Å²) in [5.74, 6) is -0.156. The average Bonchev–Trinajstić information content (AvgIpc) is 2.59. The first-order chi connectivity index (χ1) is 11.2. The van der Waals surface area contributed by atoms with Crippen molar-refractivity contribution in [1.29, 1.82) is 0 Å². The van der Waals surface area contributed by atoms with Gasteiger partial charge in [-0.25, -0.2) is 4.98 Å². The van der Waals surface area contributed by atoms with Gasteiger partial charge in [0.25, 0.3) is 5.56 Å². The quantitative estimate of drug-likeness (QED) is 0.737. The maximum atomic E-state index is 12.6. The van der Waals surface area contributed by atoms with Gasteiger partial charge in [0.15, 0.2) is 0 Å². The molecule has 2 heterocycles. The van der Waals surface area contributed by atoms with E-state index in [9.17, 15) is 9.59 Å². The maximum absolute atomic E-state index is 12.6. The van der Waals surface area contributed by atoms with Crippen molar-refractivity contribution in [3.05, 3.63) is 65.5 Å². The minimum atomic E-state index is -0.241.